The number of likely N-dealkylation sites (tertiary alicyclic amines) is 1. The number of carboxylic acids is 1. The molecule has 1 aliphatic rings. The number of hydrogen-bond donors (Lipinski definition) is 1. The number of rotatable bonds is 9. The van der Waals surface area contributed by atoms with Gasteiger partial charge in [0, 0.05) is 46.7 Å². The normalized spacial score (nSPS) is 14.5. The highest BCUT2D eigenvalue weighted by Gasteiger charge is 2.22. The Morgan fingerprint density at radius 1 is 1.19 bits per heavy atom. The van der Waals surface area contributed by atoms with E-state index >= 15 is 0 Å². The van der Waals surface area contributed by atoms with Gasteiger partial charge in [-0.05, 0) is 91.3 Å². The molecule has 0 atom stereocenters. The molecule has 1 N–H and O–H groups in total. The molecule has 4 rings (SSSR count). The predicted octanol–water partition coefficient (Wildman–Crippen LogP) is 5.11. The molecule has 0 amide bonds. The quantitative estimate of drug-likeness (QED) is 0.427. The number of fused-ring (bicyclic) bond motifs is 1. The van der Waals surface area contributed by atoms with Crippen LogP contribution in [0.5, 0.6) is 0 Å². The van der Waals surface area contributed by atoms with E-state index in [1.54, 1.807) is 6.20 Å². The Kier molecular flexibility index (Phi) is 7.02. The van der Waals surface area contributed by atoms with Crippen LogP contribution in [0, 0.1) is 0 Å². The first-order valence-electron chi connectivity index (χ1n) is 11.1. The van der Waals surface area contributed by atoms with Gasteiger partial charge in [0.05, 0.1) is 11.2 Å². The second-order valence-electron chi connectivity index (χ2n) is 8.25. The maximum absolute atomic E-state index is 11.0. The third-order valence-electron chi connectivity index (χ3n) is 6.06. The maximum Gasteiger partial charge on any atom is 0.303 e. The third-order valence-corrected chi connectivity index (χ3v) is 6.49. The smallest absolute Gasteiger partial charge is 0.303 e. The zero-order valence-electron chi connectivity index (χ0n) is 18.0. The average molecular weight is 485 g/mol. The van der Waals surface area contributed by atoms with Gasteiger partial charge in [-0.25, -0.2) is 4.52 Å². The monoisotopic (exact) mass is 484 g/mol. The van der Waals surface area contributed by atoms with E-state index in [1.165, 1.54) is 29.7 Å². The van der Waals surface area contributed by atoms with E-state index in [4.69, 9.17) is 10.2 Å². The molecule has 4 heterocycles. The molecule has 1 aliphatic heterocycles. The molecule has 6 nitrogen and oxygen atoms in total. The van der Waals surface area contributed by atoms with Gasteiger partial charge in [0.2, 0.25) is 0 Å². The van der Waals surface area contributed by atoms with E-state index in [0.29, 0.717) is 6.42 Å². The van der Waals surface area contributed by atoms with Crippen molar-refractivity contribution in [3.05, 3.63) is 52.0 Å². The highest BCUT2D eigenvalue weighted by Crippen LogP contribution is 2.34. The van der Waals surface area contributed by atoms with Crippen LogP contribution in [0.3, 0.4) is 0 Å². The zero-order valence-corrected chi connectivity index (χ0v) is 19.6. The molecule has 7 heteroatoms. The van der Waals surface area contributed by atoms with Crippen molar-refractivity contribution >= 4 is 27.4 Å². The summed E-state index contributed by atoms with van der Waals surface area (Å²) in [5.74, 6) is -0.735. The van der Waals surface area contributed by atoms with Crippen molar-refractivity contribution < 1.29 is 9.90 Å². The minimum absolute atomic E-state index is 0.204. The molecule has 164 valence electrons. The van der Waals surface area contributed by atoms with Gasteiger partial charge in [-0.1, -0.05) is 6.92 Å². The van der Waals surface area contributed by atoms with E-state index in [0.717, 1.165) is 60.1 Å². The van der Waals surface area contributed by atoms with E-state index < -0.39 is 5.97 Å². The number of hydrogen-bond acceptors (Lipinski definition) is 4. The topological polar surface area (TPSA) is 70.7 Å². The first-order valence-corrected chi connectivity index (χ1v) is 11.9. The van der Waals surface area contributed by atoms with Gasteiger partial charge < -0.3 is 5.11 Å². The number of unbranched alkanes of at least 4 members (excludes halogenated alkanes) is 1. The molecule has 0 aliphatic carbocycles. The van der Waals surface area contributed by atoms with Gasteiger partial charge in [0.1, 0.15) is 0 Å². The number of aryl methyl sites for hydroxylation is 1. The molecule has 3 aromatic rings. The molecule has 0 saturated carbocycles. The standard InChI is InChI=1S/C24H29BrN4O2/c1-2-19-9-10-22-24(17-13-18(25)15-26-14-17)20(7-3-4-8-23(30)31)21(27-29(19)22)16-28-11-5-6-12-28/h9-10,13-15H,2-8,11-12,16H2,1H3,(H,30,31). The summed E-state index contributed by atoms with van der Waals surface area (Å²) in [4.78, 5) is 17.9. The van der Waals surface area contributed by atoms with Crippen molar-refractivity contribution in [3.63, 3.8) is 0 Å². The van der Waals surface area contributed by atoms with Crippen LogP contribution in [0.1, 0.15) is 56.0 Å². The molecule has 1 fully saturated rings. The molecule has 0 spiro atoms. The first kappa shape index (κ1) is 22.0. The van der Waals surface area contributed by atoms with E-state index in [1.807, 2.05) is 6.20 Å². The SMILES string of the molecule is CCc1ccc2c(-c3cncc(Br)c3)c(CCCCC(=O)O)c(CN3CCCC3)nn12. The van der Waals surface area contributed by atoms with Crippen LogP contribution in [0.25, 0.3) is 16.6 Å². The summed E-state index contributed by atoms with van der Waals surface area (Å²) in [5.41, 5.74) is 6.86. The summed E-state index contributed by atoms with van der Waals surface area (Å²) in [6.45, 7) is 5.21. The number of halogens is 1. The molecular formula is C24H29BrN4O2. The molecule has 0 bridgehead atoms. The van der Waals surface area contributed by atoms with E-state index in [9.17, 15) is 4.79 Å². The van der Waals surface area contributed by atoms with Gasteiger partial charge in [-0.15, -0.1) is 0 Å². The van der Waals surface area contributed by atoms with Crippen LogP contribution >= 0.6 is 15.9 Å². The maximum atomic E-state index is 11.0. The number of aromatic nitrogens is 3. The fourth-order valence-electron chi connectivity index (χ4n) is 4.52. The summed E-state index contributed by atoms with van der Waals surface area (Å²) in [6.07, 6.45) is 9.62. The Morgan fingerprint density at radius 2 is 2.00 bits per heavy atom. The van der Waals surface area contributed by atoms with Crippen molar-refractivity contribution in [2.45, 2.75) is 58.4 Å². The molecular weight excluding hydrogens is 456 g/mol. The Morgan fingerprint density at radius 3 is 2.71 bits per heavy atom. The highest BCUT2D eigenvalue weighted by atomic mass is 79.9. The fourth-order valence-corrected chi connectivity index (χ4v) is 4.89. The number of nitrogens with zero attached hydrogens (tertiary/aromatic N) is 4. The molecule has 31 heavy (non-hydrogen) atoms. The van der Waals surface area contributed by atoms with Crippen molar-refractivity contribution in [2.24, 2.45) is 0 Å². The summed E-state index contributed by atoms with van der Waals surface area (Å²) < 4.78 is 3.04. The second-order valence-corrected chi connectivity index (χ2v) is 9.17. The molecule has 1 saturated heterocycles. The van der Waals surface area contributed by atoms with E-state index in [2.05, 4.69) is 55.5 Å². The first-order chi connectivity index (χ1) is 15.1. The summed E-state index contributed by atoms with van der Waals surface area (Å²) in [5, 5.41) is 14.2. The van der Waals surface area contributed by atoms with Crippen molar-refractivity contribution in [2.75, 3.05) is 13.1 Å². The van der Waals surface area contributed by atoms with Crippen LogP contribution in [0.4, 0.5) is 0 Å². The summed E-state index contributed by atoms with van der Waals surface area (Å²) in [6, 6.07) is 6.43. The van der Waals surface area contributed by atoms with Gasteiger partial charge in [0.25, 0.3) is 0 Å². The Hall–Kier alpha value is -2.25. The van der Waals surface area contributed by atoms with Crippen molar-refractivity contribution in [1.29, 1.82) is 0 Å². The third kappa shape index (κ3) is 4.99. The largest absolute Gasteiger partial charge is 0.481 e. The molecule has 0 radical (unpaired) electrons. The van der Waals surface area contributed by atoms with E-state index in [-0.39, 0.29) is 6.42 Å². The second kappa shape index (κ2) is 9.92. The lowest BCUT2D eigenvalue weighted by molar-refractivity contribution is -0.137. The van der Waals surface area contributed by atoms with Crippen molar-refractivity contribution in [3.8, 4) is 11.1 Å². The van der Waals surface area contributed by atoms with Crippen LogP contribution < -0.4 is 0 Å². The highest BCUT2D eigenvalue weighted by molar-refractivity contribution is 9.10. The van der Waals surface area contributed by atoms with Crippen LogP contribution in [-0.4, -0.2) is 43.7 Å². The molecule has 0 unspecified atom stereocenters. The lowest BCUT2D eigenvalue weighted by atomic mass is 9.95. The minimum atomic E-state index is -0.735. The van der Waals surface area contributed by atoms with Crippen LogP contribution in [0.2, 0.25) is 0 Å². The number of carbonyl (C=O) groups is 1. The Bertz CT molecular complexity index is 1070. The van der Waals surface area contributed by atoms with Crippen LogP contribution in [0.15, 0.2) is 35.1 Å². The van der Waals surface area contributed by atoms with Gasteiger partial charge in [0.15, 0.2) is 0 Å². The Labute approximate surface area is 191 Å². The number of aliphatic carboxylic acids is 1. The Balaban J connectivity index is 1.84. The van der Waals surface area contributed by atoms with Gasteiger partial charge in [-0.3, -0.25) is 14.7 Å². The van der Waals surface area contributed by atoms with Gasteiger partial charge >= 0.3 is 5.97 Å². The van der Waals surface area contributed by atoms with Crippen LogP contribution in [-0.2, 0) is 24.2 Å². The lowest BCUT2D eigenvalue weighted by Crippen LogP contribution is -2.22. The molecule has 3 aromatic heterocycles. The number of carboxylic acid groups (broad SMARTS) is 1. The zero-order chi connectivity index (χ0) is 21.8. The fraction of sp³-hybridized carbons (Fsp3) is 0.458. The minimum Gasteiger partial charge on any atom is -0.481 e. The van der Waals surface area contributed by atoms with Crippen molar-refractivity contribution in [1.82, 2.24) is 19.5 Å². The summed E-state index contributed by atoms with van der Waals surface area (Å²) in [7, 11) is 0. The lowest BCUT2D eigenvalue weighted by Gasteiger charge is -2.21. The predicted molar refractivity (Wildman–Crippen MR) is 125 cm³/mol. The molecule has 0 aromatic carbocycles. The van der Waals surface area contributed by atoms with Gasteiger partial charge in [-0.2, -0.15) is 5.10 Å². The summed E-state index contributed by atoms with van der Waals surface area (Å²) >= 11 is 3.58. The average Bonchev–Trinajstić information content (AvgIpc) is 3.40. The number of pyridine rings is 1.